The van der Waals surface area contributed by atoms with Crippen molar-refractivity contribution in [3.8, 4) is 0 Å². The minimum atomic E-state index is 0.167. The molecule has 1 aromatic rings. The molecule has 3 nitrogen and oxygen atoms in total. The van der Waals surface area contributed by atoms with Crippen LogP contribution in [0.5, 0.6) is 0 Å². The van der Waals surface area contributed by atoms with Crippen molar-refractivity contribution < 1.29 is 4.79 Å². The lowest BCUT2D eigenvalue weighted by Crippen LogP contribution is -2.55. The van der Waals surface area contributed by atoms with Crippen molar-refractivity contribution in [2.45, 2.75) is 52.1 Å². The number of amides is 1. The largest absolute Gasteiger partial charge is 0.352 e. The van der Waals surface area contributed by atoms with E-state index in [1.807, 2.05) is 12.1 Å². The van der Waals surface area contributed by atoms with Crippen molar-refractivity contribution in [2.24, 2.45) is 5.92 Å². The Morgan fingerprint density at radius 1 is 1.35 bits per heavy atom. The van der Waals surface area contributed by atoms with Gasteiger partial charge in [0, 0.05) is 18.5 Å². The maximum absolute atomic E-state index is 12.1. The highest BCUT2D eigenvalue weighted by Crippen LogP contribution is 2.16. The average Bonchev–Trinajstić information content (AvgIpc) is 2.42. The monoisotopic (exact) mass is 274 g/mol. The topological polar surface area (TPSA) is 41.1 Å². The van der Waals surface area contributed by atoms with Crippen LogP contribution in [-0.4, -0.2) is 24.5 Å². The van der Waals surface area contributed by atoms with Gasteiger partial charge in [-0.1, -0.05) is 31.2 Å². The van der Waals surface area contributed by atoms with Crippen LogP contribution >= 0.6 is 0 Å². The zero-order valence-corrected chi connectivity index (χ0v) is 12.8. The molecule has 1 aromatic carbocycles. The van der Waals surface area contributed by atoms with E-state index >= 15 is 0 Å². The van der Waals surface area contributed by atoms with Gasteiger partial charge in [-0.05, 0) is 50.3 Å². The molecule has 1 aliphatic rings. The van der Waals surface area contributed by atoms with Gasteiger partial charge >= 0.3 is 0 Å². The number of benzene rings is 1. The number of hydrogen-bond acceptors (Lipinski definition) is 2. The first-order valence-electron chi connectivity index (χ1n) is 7.65. The third kappa shape index (κ3) is 3.83. The van der Waals surface area contributed by atoms with Gasteiger partial charge in [-0.25, -0.2) is 0 Å². The van der Waals surface area contributed by atoms with E-state index < -0.39 is 0 Å². The Labute approximate surface area is 122 Å². The molecule has 2 N–H and O–H groups in total. The Bertz CT molecular complexity index is 448. The van der Waals surface area contributed by atoms with Crippen LogP contribution in [0.4, 0.5) is 0 Å². The minimum absolute atomic E-state index is 0.167. The van der Waals surface area contributed by atoms with Crippen molar-refractivity contribution in [1.29, 1.82) is 0 Å². The van der Waals surface area contributed by atoms with Crippen molar-refractivity contribution in [3.05, 3.63) is 35.4 Å². The summed E-state index contributed by atoms with van der Waals surface area (Å²) in [5.74, 6) is 0.717. The molecule has 1 fully saturated rings. The standard InChI is InChI=1S/C17H26N2O/c1-12-6-4-5-7-15(12)8-9-16(20)19-17-13(2)10-11-18-14(17)3/h4-7,13-14,17-18H,8-11H2,1-3H3,(H,19,20). The molecular weight excluding hydrogens is 248 g/mol. The summed E-state index contributed by atoms with van der Waals surface area (Å²) in [6.07, 6.45) is 2.52. The summed E-state index contributed by atoms with van der Waals surface area (Å²) in [6.45, 7) is 7.53. The van der Waals surface area contributed by atoms with Gasteiger partial charge in [0.2, 0.25) is 5.91 Å². The van der Waals surface area contributed by atoms with E-state index in [4.69, 9.17) is 0 Å². The van der Waals surface area contributed by atoms with E-state index in [9.17, 15) is 4.79 Å². The Morgan fingerprint density at radius 3 is 2.80 bits per heavy atom. The number of piperidine rings is 1. The third-order valence-electron chi connectivity index (χ3n) is 4.43. The van der Waals surface area contributed by atoms with Crippen molar-refractivity contribution in [2.75, 3.05) is 6.54 Å². The number of carbonyl (C=O) groups excluding carboxylic acids is 1. The van der Waals surface area contributed by atoms with Gasteiger partial charge in [0.1, 0.15) is 0 Å². The van der Waals surface area contributed by atoms with Crippen LogP contribution in [0.15, 0.2) is 24.3 Å². The van der Waals surface area contributed by atoms with Crippen molar-refractivity contribution >= 4 is 5.91 Å². The van der Waals surface area contributed by atoms with Crippen LogP contribution in [0.3, 0.4) is 0 Å². The van der Waals surface area contributed by atoms with E-state index in [-0.39, 0.29) is 11.9 Å². The van der Waals surface area contributed by atoms with Gasteiger partial charge in [-0.2, -0.15) is 0 Å². The van der Waals surface area contributed by atoms with Gasteiger partial charge in [0.05, 0.1) is 0 Å². The third-order valence-corrected chi connectivity index (χ3v) is 4.43. The molecule has 20 heavy (non-hydrogen) atoms. The fourth-order valence-electron chi connectivity index (χ4n) is 3.00. The first-order valence-corrected chi connectivity index (χ1v) is 7.65. The second kappa shape index (κ2) is 6.89. The zero-order chi connectivity index (χ0) is 14.5. The Morgan fingerprint density at radius 2 is 2.10 bits per heavy atom. The molecule has 1 saturated heterocycles. The Kier molecular flexibility index (Phi) is 5.18. The Balaban J connectivity index is 1.85. The molecule has 0 aromatic heterocycles. The van der Waals surface area contributed by atoms with Crippen molar-refractivity contribution in [3.63, 3.8) is 0 Å². The van der Waals surface area contributed by atoms with Crippen LogP contribution in [0.2, 0.25) is 0 Å². The quantitative estimate of drug-likeness (QED) is 0.885. The van der Waals surface area contributed by atoms with Gasteiger partial charge in [0.25, 0.3) is 0 Å². The lowest BCUT2D eigenvalue weighted by molar-refractivity contribution is -0.122. The van der Waals surface area contributed by atoms with Crippen molar-refractivity contribution in [1.82, 2.24) is 10.6 Å². The van der Waals surface area contributed by atoms with Gasteiger partial charge in [-0.3, -0.25) is 4.79 Å². The molecule has 3 unspecified atom stereocenters. The van der Waals surface area contributed by atoms with E-state index in [0.717, 1.165) is 19.4 Å². The summed E-state index contributed by atoms with van der Waals surface area (Å²) in [6, 6.07) is 8.90. The summed E-state index contributed by atoms with van der Waals surface area (Å²) in [4.78, 5) is 12.1. The van der Waals surface area contributed by atoms with Crippen LogP contribution < -0.4 is 10.6 Å². The van der Waals surface area contributed by atoms with Crippen LogP contribution in [-0.2, 0) is 11.2 Å². The van der Waals surface area contributed by atoms with Crippen LogP contribution in [0.25, 0.3) is 0 Å². The molecule has 110 valence electrons. The van der Waals surface area contributed by atoms with E-state index in [0.29, 0.717) is 18.4 Å². The molecule has 0 aliphatic carbocycles. The number of aryl methyl sites for hydroxylation is 2. The molecule has 1 heterocycles. The maximum atomic E-state index is 12.1. The number of rotatable bonds is 4. The minimum Gasteiger partial charge on any atom is -0.352 e. The molecule has 3 heteroatoms. The second-order valence-corrected chi connectivity index (χ2v) is 6.03. The molecule has 0 spiro atoms. The number of carbonyl (C=O) groups is 1. The first-order chi connectivity index (χ1) is 9.58. The fourth-order valence-corrected chi connectivity index (χ4v) is 3.00. The molecule has 0 bridgehead atoms. The summed E-state index contributed by atoms with van der Waals surface area (Å²) in [5.41, 5.74) is 2.53. The fraction of sp³-hybridized carbons (Fsp3) is 0.588. The molecule has 0 saturated carbocycles. The summed E-state index contributed by atoms with van der Waals surface area (Å²) >= 11 is 0. The highest BCUT2D eigenvalue weighted by molar-refractivity contribution is 5.76. The van der Waals surface area contributed by atoms with E-state index in [1.165, 1.54) is 11.1 Å². The Hall–Kier alpha value is -1.35. The predicted octanol–water partition coefficient (Wildman–Crippen LogP) is 2.43. The lowest BCUT2D eigenvalue weighted by atomic mass is 9.89. The highest BCUT2D eigenvalue weighted by atomic mass is 16.1. The second-order valence-electron chi connectivity index (χ2n) is 6.03. The van der Waals surface area contributed by atoms with E-state index in [1.54, 1.807) is 0 Å². The maximum Gasteiger partial charge on any atom is 0.220 e. The molecular formula is C17H26N2O. The van der Waals surface area contributed by atoms with Crippen LogP contribution in [0, 0.1) is 12.8 Å². The summed E-state index contributed by atoms with van der Waals surface area (Å²) < 4.78 is 0. The lowest BCUT2D eigenvalue weighted by Gasteiger charge is -2.36. The molecule has 1 amide bonds. The van der Waals surface area contributed by atoms with Gasteiger partial charge in [0.15, 0.2) is 0 Å². The van der Waals surface area contributed by atoms with Gasteiger partial charge in [-0.15, -0.1) is 0 Å². The molecule has 1 aliphatic heterocycles. The first kappa shape index (κ1) is 15.0. The van der Waals surface area contributed by atoms with Crippen LogP contribution in [0.1, 0.15) is 37.8 Å². The van der Waals surface area contributed by atoms with Gasteiger partial charge < -0.3 is 10.6 Å². The highest BCUT2D eigenvalue weighted by Gasteiger charge is 2.28. The summed E-state index contributed by atoms with van der Waals surface area (Å²) in [7, 11) is 0. The zero-order valence-electron chi connectivity index (χ0n) is 12.8. The smallest absolute Gasteiger partial charge is 0.220 e. The summed E-state index contributed by atoms with van der Waals surface area (Å²) in [5, 5.41) is 6.64. The predicted molar refractivity (Wildman–Crippen MR) is 82.7 cm³/mol. The number of hydrogen-bond donors (Lipinski definition) is 2. The average molecular weight is 274 g/mol. The molecule has 3 atom stereocenters. The number of nitrogens with one attached hydrogen (secondary N) is 2. The molecule has 2 rings (SSSR count). The molecule has 0 radical (unpaired) electrons. The normalized spacial score (nSPS) is 26.2. The SMILES string of the molecule is Cc1ccccc1CCC(=O)NC1C(C)CCNC1C. The van der Waals surface area contributed by atoms with E-state index in [2.05, 4.69) is 43.5 Å².